The molecule has 0 aromatic heterocycles. The fraction of sp³-hybridized carbons (Fsp3) is 0.500. The molecule has 0 aliphatic carbocycles. The van der Waals surface area contributed by atoms with E-state index in [2.05, 4.69) is 51.8 Å². The average molecular weight is 439 g/mol. The molecule has 0 aliphatic heterocycles. The number of rotatable bonds is 12. The van der Waals surface area contributed by atoms with Gasteiger partial charge in [-0.1, -0.05) is 73.3 Å². The summed E-state index contributed by atoms with van der Waals surface area (Å²) in [5.41, 5.74) is 0.893. The van der Waals surface area contributed by atoms with E-state index in [0.29, 0.717) is 30.1 Å². The van der Waals surface area contributed by atoms with Crippen molar-refractivity contribution in [2.45, 2.75) is 66.2 Å². The molecule has 31 heavy (non-hydrogen) atoms. The molecule has 0 bridgehead atoms. The van der Waals surface area contributed by atoms with Gasteiger partial charge in [-0.15, -0.1) is 0 Å². The highest BCUT2D eigenvalue weighted by atomic mass is 16.6. The molecule has 0 amide bonds. The fourth-order valence-electron chi connectivity index (χ4n) is 1.79. The first kappa shape index (κ1) is 32.7. The van der Waals surface area contributed by atoms with Crippen molar-refractivity contribution in [1.82, 2.24) is 0 Å². The van der Waals surface area contributed by atoms with Gasteiger partial charge in [0.25, 0.3) is 0 Å². The number of esters is 3. The molecule has 0 aliphatic rings. The maximum Gasteiger partial charge on any atom is 0.338 e. The minimum atomic E-state index is -0.883. The van der Waals surface area contributed by atoms with Gasteiger partial charge in [0.15, 0.2) is 0 Å². The van der Waals surface area contributed by atoms with Crippen LogP contribution in [0.3, 0.4) is 0 Å². The standard InChI is InChI=1S/C12H22O2.C6H6O3.C6H10O2/c1-5-6-7-8-14-12(13)11(4)9-10(2)3;1-3-5(7)9-6(8)4-2;1-3-4-5(2)6(7)8/h10H,4-9H2,1-3H3;3-4H,1-2H2;2-4H2,1H3,(H,7,8). The van der Waals surface area contributed by atoms with E-state index in [1.54, 1.807) is 0 Å². The Morgan fingerprint density at radius 1 is 0.903 bits per heavy atom. The molecular weight excluding hydrogens is 400 g/mol. The summed E-state index contributed by atoms with van der Waals surface area (Å²) in [7, 11) is 0. The van der Waals surface area contributed by atoms with Crippen molar-refractivity contribution in [1.29, 1.82) is 0 Å². The molecule has 0 rings (SSSR count). The first-order valence-electron chi connectivity index (χ1n) is 10.2. The number of carboxylic acids is 1. The van der Waals surface area contributed by atoms with Crippen molar-refractivity contribution in [2.24, 2.45) is 5.92 Å². The lowest BCUT2D eigenvalue weighted by atomic mass is 10.1. The summed E-state index contributed by atoms with van der Waals surface area (Å²) in [6, 6.07) is 0. The monoisotopic (exact) mass is 438 g/mol. The highest BCUT2D eigenvalue weighted by molar-refractivity contribution is 5.95. The summed E-state index contributed by atoms with van der Waals surface area (Å²) in [5.74, 6) is -2.17. The molecule has 0 atom stereocenters. The van der Waals surface area contributed by atoms with Gasteiger partial charge in [-0.25, -0.2) is 19.2 Å². The minimum Gasteiger partial charge on any atom is -0.478 e. The summed E-state index contributed by atoms with van der Waals surface area (Å²) in [6.07, 6.45) is 7.20. The molecule has 7 nitrogen and oxygen atoms in total. The van der Waals surface area contributed by atoms with Crippen LogP contribution in [0.15, 0.2) is 49.6 Å². The van der Waals surface area contributed by atoms with Gasteiger partial charge in [0.05, 0.1) is 6.61 Å². The molecule has 0 aromatic rings. The number of unbranched alkanes of at least 4 members (excludes halogenated alkanes) is 2. The van der Waals surface area contributed by atoms with Crippen LogP contribution in [0.1, 0.15) is 66.2 Å². The molecule has 0 radical (unpaired) electrons. The van der Waals surface area contributed by atoms with Gasteiger partial charge in [0.2, 0.25) is 0 Å². The second kappa shape index (κ2) is 21.7. The molecule has 0 unspecified atom stereocenters. The number of hydrogen-bond donors (Lipinski definition) is 1. The van der Waals surface area contributed by atoms with Crippen molar-refractivity contribution >= 4 is 23.9 Å². The van der Waals surface area contributed by atoms with Gasteiger partial charge in [0, 0.05) is 23.3 Å². The van der Waals surface area contributed by atoms with Crippen molar-refractivity contribution in [3.05, 3.63) is 49.6 Å². The van der Waals surface area contributed by atoms with Crippen LogP contribution in [-0.4, -0.2) is 35.6 Å². The van der Waals surface area contributed by atoms with Crippen LogP contribution in [0.25, 0.3) is 0 Å². The Hall–Kier alpha value is -2.96. The quantitative estimate of drug-likeness (QED) is 0.194. The van der Waals surface area contributed by atoms with Crippen molar-refractivity contribution in [3.8, 4) is 0 Å². The van der Waals surface area contributed by atoms with E-state index in [1.165, 1.54) is 0 Å². The second-order valence-corrected chi connectivity index (χ2v) is 6.85. The Bertz CT molecular complexity index is 597. The molecular formula is C24H38O7. The van der Waals surface area contributed by atoms with Gasteiger partial charge in [-0.2, -0.15) is 0 Å². The van der Waals surface area contributed by atoms with Gasteiger partial charge in [-0.05, 0) is 25.2 Å². The first-order valence-corrected chi connectivity index (χ1v) is 10.2. The lowest BCUT2D eigenvalue weighted by molar-refractivity contribution is -0.152. The van der Waals surface area contributed by atoms with Gasteiger partial charge < -0.3 is 14.6 Å². The van der Waals surface area contributed by atoms with E-state index in [1.807, 2.05) is 6.92 Å². The number of carbonyl (C=O) groups is 4. The minimum absolute atomic E-state index is 0.227. The van der Waals surface area contributed by atoms with E-state index in [-0.39, 0.29) is 5.97 Å². The second-order valence-electron chi connectivity index (χ2n) is 6.85. The van der Waals surface area contributed by atoms with Crippen molar-refractivity contribution in [2.75, 3.05) is 6.61 Å². The van der Waals surface area contributed by atoms with Gasteiger partial charge in [-0.3, -0.25) is 0 Å². The number of ether oxygens (including phenoxy) is 2. The largest absolute Gasteiger partial charge is 0.478 e. The third-order valence-corrected chi connectivity index (χ3v) is 3.31. The smallest absolute Gasteiger partial charge is 0.338 e. The summed E-state index contributed by atoms with van der Waals surface area (Å²) >= 11 is 0. The highest BCUT2D eigenvalue weighted by Gasteiger charge is 2.09. The lowest BCUT2D eigenvalue weighted by Crippen LogP contribution is -2.09. The van der Waals surface area contributed by atoms with Crippen LogP contribution < -0.4 is 0 Å². The average Bonchev–Trinajstić information content (AvgIpc) is 2.71. The number of carbonyl (C=O) groups excluding carboxylic acids is 3. The van der Waals surface area contributed by atoms with E-state index < -0.39 is 17.9 Å². The summed E-state index contributed by atoms with van der Waals surface area (Å²) in [4.78, 5) is 41.7. The lowest BCUT2D eigenvalue weighted by Gasteiger charge is -2.08. The highest BCUT2D eigenvalue weighted by Crippen LogP contribution is 2.10. The Morgan fingerprint density at radius 2 is 1.42 bits per heavy atom. The normalized spacial score (nSPS) is 9.06. The number of aliphatic carboxylic acids is 1. The molecule has 1 N–H and O–H groups in total. The van der Waals surface area contributed by atoms with Crippen LogP contribution in [0.5, 0.6) is 0 Å². The molecule has 0 saturated carbocycles. The predicted octanol–water partition coefficient (Wildman–Crippen LogP) is 5.18. The zero-order chi connectivity index (χ0) is 24.8. The summed E-state index contributed by atoms with van der Waals surface area (Å²) < 4.78 is 9.10. The molecule has 0 spiro atoms. The molecule has 0 aromatic carbocycles. The van der Waals surface area contributed by atoms with E-state index in [9.17, 15) is 19.2 Å². The zero-order valence-electron chi connectivity index (χ0n) is 19.4. The maximum absolute atomic E-state index is 11.3. The van der Waals surface area contributed by atoms with Crippen LogP contribution in [0, 0.1) is 5.92 Å². The van der Waals surface area contributed by atoms with Gasteiger partial charge >= 0.3 is 23.9 Å². The molecule has 176 valence electrons. The molecule has 0 saturated heterocycles. The summed E-state index contributed by atoms with van der Waals surface area (Å²) in [6.45, 7) is 21.9. The number of carboxylic acid groups (broad SMARTS) is 1. The van der Waals surface area contributed by atoms with Crippen molar-refractivity contribution in [3.63, 3.8) is 0 Å². The van der Waals surface area contributed by atoms with Gasteiger partial charge in [0.1, 0.15) is 0 Å². The van der Waals surface area contributed by atoms with E-state index in [4.69, 9.17) is 9.84 Å². The Labute approximate surface area is 186 Å². The molecule has 0 fully saturated rings. The third kappa shape index (κ3) is 25.0. The van der Waals surface area contributed by atoms with Crippen LogP contribution >= 0.6 is 0 Å². The Morgan fingerprint density at radius 3 is 1.74 bits per heavy atom. The SMILES string of the molecule is C=C(CC(C)C)C(=O)OCCCCC.C=C(CCC)C(=O)O.C=CC(=O)OC(=O)C=C. The van der Waals surface area contributed by atoms with Crippen LogP contribution in [0.4, 0.5) is 0 Å². The first-order chi connectivity index (χ1) is 14.5. The summed E-state index contributed by atoms with van der Waals surface area (Å²) in [5, 5.41) is 8.21. The Balaban J connectivity index is -0.000000401. The zero-order valence-corrected chi connectivity index (χ0v) is 19.4. The number of hydrogen-bond acceptors (Lipinski definition) is 6. The molecule has 0 heterocycles. The fourth-order valence-corrected chi connectivity index (χ4v) is 1.79. The Kier molecular flexibility index (Phi) is 22.9. The maximum atomic E-state index is 11.3. The molecule has 7 heteroatoms. The van der Waals surface area contributed by atoms with Crippen LogP contribution in [-0.2, 0) is 28.7 Å². The van der Waals surface area contributed by atoms with Crippen molar-refractivity contribution < 1.29 is 33.8 Å². The van der Waals surface area contributed by atoms with E-state index >= 15 is 0 Å². The van der Waals surface area contributed by atoms with E-state index in [0.717, 1.165) is 44.3 Å². The third-order valence-electron chi connectivity index (χ3n) is 3.31. The van der Waals surface area contributed by atoms with Crippen LogP contribution in [0.2, 0.25) is 0 Å². The predicted molar refractivity (Wildman–Crippen MR) is 122 cm³/mol. The topological polar surface area (TPSA) is 107 Å².